The fourth-order valence-electron chi connectivity index (χ4n) is 1.70. The molecule has 0 saturated heterocycles. The fourth-order valence-corrected chi connectivity index (χ4v) is 1.70. The van der Waals surface area contributed by atoms with Crippen LogP contribution in [0, 0.1) is 13.8 Å². The van der Waals surface area contributed by atoms with Gasteiger partial charge in [-0.1, -0.05) is 0 Å². The summed E-state index contributed by atoms with van der Waals surface area (Å²) in [6, 6.07) is 0. The Morgan fingerprint density at radius 2 is 1.17 bits per heavy atom. The van der Waals surface area contributed by atoms with Gasteiger partial charge in [-0.3, -0.25) is 0 Å². The highest BCUT2D eigenvalue weighted by Crippen LogP contribution is 2.23. The van der Waals surface area contributed by atoms with Crippen molar-refractivity contribution in [3.05, 3.63) is 13.8 Å². The molecule has 2 heteroatoms. The first-order valence-electron chi connectivity index (χ1n) is 4.68. The van der Waals surface area contributed by atoms with Crippen molar-refractivity contribution in [1.29, 1.82) is 0 Å². The van der Waals surface area contributed by atoms with Gasteiger partial charge < -0.3 is 9.47 Å². The van der Waals surface area contributed by atoms with Gasteiger partial charge >= 0.3 is 0 Å². The summed E-state index contributed by atoms with van der Waals surface area (Å²) in [5.41, 5.74) is 0. The molecule has 70 valence electrons. The molecule has 0 N–H and O–H groups in total. The molecule has 0 heterocycles. The molecule has 0 spiro atoms. The molecule has 2 nitrogen and oxygen atoms in total. The van der Waals surface area contributed by atoms with Crippen LogP contribution < -0.4 is 0 Å². The Balaban J connectivity index is 2.11. The molecule has 1 rings (SSSR count). The molecule has 0 aromatic rings. The van der Waals surface area contributed by atoms with E-state index in [1.165, 1.54) is 0 Å². The van der Waals surface area contributed by atoms with E-state index in [1.54, 1.807) is 0 Å². The van der Waals surface area contributed by atoms with E-state index in [0.29, 0.717) is 25.4 Å². The number of hydrogen-bond donors (Lipinski definition) is 0. The minimum Gasteiger partial charge on any atom is -0.378 e. The van der Waals surface area contributed by atoms with Crippen LogP contribution in [0.25, 0.3) is 0 Å². The van der Waals surface area contributed by atoms with E-state index in [-0.39, 0.29) is 0 Å². The molecule has 0 aromatic heterocycles. The highest BCUT2D eigenvalue weighted by molar-refractivity contribution is 4.73. The minimum atomic E-state index is 0.423. The van der Waals surface area contributed by atoms with E-state index in [0.717, 1.165) is 25.7 Å². The predicted octanol–water partition coefficient (Wildman–Crippen LogP) is 2.00. The van der Waals surface area contributed by atoms with E-state index in [1.807, 2.05) is 0 Å². The van der Waals surface area contributed by atoms with Crippen LogP contribution in [0.15, 0.2) is 0 Å². The average Bonchev–Trinajstić information content (AvgIpc) is 2.09. The zero-order valence-electron chi connectivity index (χ0n) is 7.63. The van der Waals surface area contributed by atoms with Crippen molar-refractivity contribution in [2.75, 3.05) is 13.2 Å². The highest BCUT2D eigenvalue weighted by Gasteiger charge is 2.20. The normalized spacial score (nSPS) is 30.5. The maximum Gasteiger partial charge on any atom is 0.0577 e. The largest absolute Gasteiger partial charge is 0.378 e. The molecule has 0 unspecified atom stereocenters. The molecule has 0 aliphatic heterocycles. The SMILES string of the molecule is [CH2]COC1CCC(OC[CH2])CC1. The first-order valence-corrected chi connectivity index (χ1v) is 4.68. The summed E-state index contributed by atoms with van der Waals surface area (Å²) in [6.45, 7) is 8.52. The van der Waals surface area contributed by atoms with Crippen LogP contribution in [-0.2, 0) is 9.47 Å². The van der Waals surface area contributed by atoms with Crippen molar-refractivity contribution in [2.24, 2.45) is 0 Å². The third-order valence-electron chi connectivity index (χ3n) is 2.33. The van der Waals surface area contributed by atoms with Gasteiger partial charge in [-0.15, -0.1) is 0 Å². The molecule has 2 radical (unpaired) electrons. The lowest BCUT2D eigenvalue weighted by Gasteiger charge is -2.27. The van der Waals surface area contributed by atoms with Gasteiger partial charge in [-0.05, 0) is 39.5 Å². The van der Waals surface area contributed by atoms with Gasteiger partial charge in [0, 0.05) is 13.2 Å². The molecule has 12 heavy (non-hydrogen) atoms. The molecule has 1 aliphatic carbocycles. The van der Waals surface area contributed by atoms with Crippen LogP contribution in [0.3, 0.4) is 0 Å². The summed E-state index contributed by atoms with van der Waals surface area (Å²) in [6.07, 6.45) is 5.29. The van der Waals surface area contributed by atoms with Gasteiger partial charge in [-0.25, -0.2) is 0 Å². The second kappa shape index (κ2) is 5.55. The van der Waals surface area contributed by atoms with Gasteiger partial charge in [-0.2, -0.15) is 0 Å². The summed E-state index contributed by atoms with van der Waals surface area (Å²) in [7, 11) is 0. The second-order valence-corrected chi connectivity index (χ2v) is 3.14. The Bertz CT molecular complexity index is 92.4. The lowest BCUT2D eigenvalue weighted by molar-refractivity contribution is -0.0171. The average molecular weight is 170 g/mol. The molecular formula is C10H18O2. The van der Waals surface area contributed by atoms with Gasteiger partial charge in [0.15, 0.2) is 0 Å². The Morgan fingerprint density at radius 3 is 1.42 bits per heavy atom. The maximum absolute atomic E-state index is 5.43. The molecule has 1 aliphatic rings. The standard InChI is InChI=1S/C10H18O2/c1-3-11-9-5-7-10(8-6-9)12-4-2/h9-10H,1-8H2. The minimum absolute atomic E-state index is 0.423. The van der Waals surface area contributed by atoms with Crippen LogP contribution in [0.2, 0.25) is 0 Å². The molecule has 1 fully saturated rings. The van der Waals surface area contributed by atoms with Crippen molar-refractivity contribution < 1.29 is 9.47 Å². The molecule has 1 saturated carbocycles. The number of hydrogen-bond acceptors (Lipinski definition) is 2. The smallest absolute Gasteiger partial charge is 0.0577 e. The predicted molar refractivity (Wildman–Crippen MR) is 48.7 cm³/mol. The summed E-state index contributed by atoms with van der Waals surface area (Å²) in [5, 5.41) is 0. The lowest BCUT2D eigenvalue weighted by atomic mass is 9.95. The van der Waals surface area contributed by atoms with Gasteiger partial charge in [0.1, 0.15) is 0 Å². The zero-order valence-corrected chi connectivity index (χ0v) is 7.63. The summed E-state index contributed by atoms with van der Waals surface area (Å²) in [5.74, 6) is 0. The first-order chi connectivity index (χ1) is 5.86. The number of rotatable bonds is 4. The van der Waals surface area contributed by atoms with Crippen molar-refractivity contribution in [3.8, 4) is 0 Å². The van der Waals surface area contributed by atoms with E-state index < -0.39 is 0 Å². The van der Waals surface area contributed by atoms with E-state index in [4.69, 9.17) is 9.47 Å². The second-order valence-electron chi connectivity index (χ2n) is 3.14. The molecule has 0 atom stereocenters. The molecular weight excluding hydrogens is 152 g/mol. The highest BCUT2D eigenvalue weighted by atomic mass is 16.5. The Morgan fingerprint density at radius 1 is 0.833 bits per heavy atom. The van der Waals surface area contributed by atoms with E-state index >= 15 is 0 Å². The van der Waals surface area contributed by atoms with Crippen LogP contribution in [0.5, 0.6) is 0 Å². The van der Waals surface area contributed by atoms with Gasteiger partial charge in [0.25, 0.3) is 0 Å². The van der Waals surface area contributed by atoms with Crippen LogP contribution in [-0.4, -0.2) is 25.4 Å². The number of ether oxygens (including phenoxy) is 2. The summed E-state index contributed by atoms with van der Waals surface area (Å²) >= 11 is 0. The topological polar surface area (TPSA) is 18.5 Å². The molecule has 0 aromatic carbocycles. The molecule has 0 bridgehead atoms. The van der Waals surface area contributed by atoms with Gasteiger partial charge in [0.05, 0.1) is 12.2 Å². The Kier molecular flexibility index (Phi) is 4.62. The first kappa shape index (κ1) is 10.0. The monoisotopic (exact) mass is 170 g/mol. The van der Waals surface area contributed by atoms with Crippen LogP contribution in [0.1, 0.15) is 25.7 Å². The van der Waals surface area contributed by atoms with Gasteiger partial charge in [0.2, 0.25) is 0 Å². The van der Waals surface area contributed by atoms with Crippen molar-refractivity contribution in [2.45, 2.75) is 37.9 Å². The lowest BCUT2D eigenvalue weighted by Crippen LogP contribution is -2.26. The van der Waals surface area contributed by atoms with Crippen LogP contribution >= 0.6 is 0 Å². The maximum atomic E-state index is 5.43. The zero-order chi connectivity index (χ0) is 8.81. The van der Waals surface area contributed by atoms with Crippen molar-refractivity contribution in [3.63, 3.8) is 0 Å². The van der Waals surface area contributed by atoms with E-state index in [2.05, 4.69) is 13.8 Å². The molecule has 0 amide bonds. The van der Waals surface area contributed by atoms with Crippen LogP contribution in [0.4, 0.5) is 0 Å². The summed E-state index contributed by atoms with van der Waals surface area (Å²) < 4.78 is 10.9. The van der Waals surface area contributed by atoms with E-state index in [9.17, 15) is 0 Å². The quantitative estimate of drug-likeness (QED) is 0.642. The fraction of sp³-hybridized carbons (Fsp3) is 0.800. The summed E-state index contributed by atoms with van der Waals surface area (Å²) in [4.78, 5) is 0. The Hall–Kier alpha value is -0.0800. The third kappa shape index (κ3) is 3.11. The van der Waals surface area contributed by atoms with Crippen molar-refractivity contribution in [1.82, 2.24) is 0 Å². The van der Waals surface area contributed by atoms with Crippen molar-refractivity contribution >= 4 is 0 Å². The third-order valence-corrected chi connectivity index (χ3v) is 2.33. The Labute approximate surface area is 75.2 Å².